The van der Waals surface area contributed by atoms with Gasteiger partial charge in [0.2, 0.25) is 5.91 Å². The summed E-state index contributed by atoms with van der Waals surface area (Å²) in [5.74, 6) is -1.24. The Kier molecular flexibility index (Phi) is 3.83. The van der Waals surface area contributed by atoms with Gasteiger partial charge in [0.15, 0.2) is 0 Å². The minimum Gasteiger partial charge on any atom is -0.478 e. The highest BCUT2D eigenvalue weighted by atomic mass is 16.4. The zero-order valence-electron chi connectivity index (χ0n) is 9.01. The van der Waals surface area contributed by atoms with Gasteiger partial charge in [-0.15, -0.1) is 6.58 Å². The second-order valence-electron chi connectivity index (χ2n) is 3.27. The van der Waals surface area contributed by atoms with Crippen molar-refractivity contribution in [1.82, 2.24) is 0 Å². The summed E-state index contributed by atoms with van der Waals surface area (Å²) >= 11 is 0. The second kappa shape index (κ2) is 5.11. The third kappa shape index (κ3) is 2.48. The summed E-state index contributed by atoms with van der Waals surface area (Å²) in [5, 5.41) is 8.97. The Bertz CT molecular complexity index is 426. The Morgan fingerprint density at radius 1 is 1.44 bits per heavy atom. The molecule has 0 unspecified atom stereocenters. The Labute approximate surface area is 93.8 Å². The lowest BCUT2D eigenvalue weighted by Gasteiger charge is -2.18. The number of rotatable bonds is 4. The largest absolute Gasteiger partial charge is 0.478 e. The van der Waals surface area contributed by atoms with Crippen LogP contribution in [0.25, 0.3) is 0 Å². The van der Waals surface area contributed by atoms with Crippen LogP contribution in [0.4, 0.5) is 5.69 Å². The van der Waals surface area contributed by atoms with E-state index in [2.05, 4.69) is 6.58 Å². The lowest BCUT2D eigenvalue weighted by atomic mass is 10.1. The maximum Gasteiger partial charge on any atom is 0.337 e. The fourth-order valence-electron chi connectivity index (χ4n) is 1.34. The van der Waals surface area contributed by atoms with Gasteiger partial charge < -0.3 is 10.0 Å². The van der Waals surface area contributed by atoms with Crippen LogP contribution in [0.5, 0.6) is 0 Å². The Hall–Kier alpha value is -2.10. The van der Waals surface area contributed by atoms with Crippen LogP contribution in [0.3, 0.4) is 0 Å². The molecule has 0 aliphatic rings. The Morgan fingerprint density at radius 3 is 2.62 bits per heavy atom. The smallest absolute Gasteiger partial charge is 0.337 e. The molecule has 4 heteroatoms. The standard InChI is InChI=1S/C12H13NO3/c1-3-6-11(14)13(2)10-8-5-4-7-9(10)12(15)16/h3-5,7-8H,1,6H2,2H3,(H,15,16). The number of nitrogens with zero attached hydrogens (tertiary/aromatic N) is 1. The molecule has 0 radical (unpaired) electrons. The first-order valence-corrected chi connectivity index (χ1v) is 4.77. The lowest BCUT2D eigenvalue weighted by molar-refractivity contribution is -0.117. The molecule has 84 valence electrons. The molecule has 1 aromatic rings. The molecule has 0 aliphatic carbocycles. The number of carboxylic acid groups (broad SMARTS) is 1. The van der Waals surface area contributed by atoms with E-state index in [-0.39, 0.29) is 17.9 Å². The summed E-state index contributed by atoms with van der Waals surface area (Å²) in [6.45, 7) is 3.47. The zero-order chi connectivity index (χ0) is 12.1. The van der Waals surface area contributed by atoms with Crippen LogP contribution < -0.4 is 4.90 Å². The average molecular weight is 219 g/mol. The molecule has 16 heavy (non-hydrogen) atoms. The molecular formula is C12H13NO3. The first-order chi connectivity index (χ1) is 7.57. The predicted molar refractivity (Wildman–Crippen MR) is 61.6 cm³/mol. The van der Waals surface area contributed by atoms with Crippen molar-refractivity contribution in [2.75, 3.05) is 11.9 Å². The number of anilines is 1. The van der Waals surface area contributed by atoms with Gasteiger partial charge in [-0.3, -0.25) is 4.79 Å². The molecule has 0 bridgehead atoms. The van der Waals surface area contributed by atoms with Gasteiger partial charge in [0.05, 0.1) is 11.3 Å². The van der Waals surface area contributed by atoms with E-state index in [9.17, 15) is 9.59 Å². The number of carboxylic acids is 1. The van der Waals surface area contributed by atoms with Crippen LogP contribution in [-0.2, 0) is 4.79 Å². The van der Waals surface area contributed by atoms with Crippen molar-refractivity contribution in [3.8, 4) is 0 Å². The number of carbonyl (C=O) groups excluding carboxylic acids is 1. The van der Waals surface area contributed by atoms with E-state index in [4.69, 9.17) is 5.11 Å². The van der Waals surface area contributed by atoms with Crippen LogP contribution in [0.2, 0.25) is 0 Å². The van der Waals surface area contributed by atoms with Gasteiger partial charge in [-0.05, 0) is 12.1 Å². The van der Waals surface area contributed by atoms with Gasteiger partial charge in [-0.1, -0.05) is 18.2 Å². The molecule has 0 aliphatic heterocycles. The third-order valence-electron chi connectivity index (χ3n) is 2.19. The van der Waals surface area contributed by atoms with E-state index >= 15 is 0 Å². The minimum atomic E-state index is -1.05. The van der Waals surface area contributed by atoms with Crippen LogP contribution >= 0.6 is 0 Å². The normalized spacial score (nSPS) is 9.56. The molecule has 0 atom stereocenters. The van der Waals surface area contributed by atoms with E-state index in [1.54, 1.807) is 25.2 Å². The van der Waals surface area contributed by atoms with Gasteiger partial charge in [0.1, 0.15) is 0 Å². The van der Waals surface area contributed by atoms with Crippen molar-refractivity contribution in [2.24, 2.45) is 0 Å². The van der Waals surface area contributed by atoms with E-state index in [0.29, 0.717) is 5.69 Å². The molecule has 4 nitrogen and oxygen atoms in total. The van der Waals surface area contributed by atoms with Crippen LogP contribution in [0.1, 0.15) is 16.8 Å². The van der Waals surface area contributed by atoms with E-state index < -0.39 is 5.97 Å². The summed E-state index contributed by atoms with van der Waals surface area (Å²) in [4.78, 5) is 23.9. The summed E-state index contributed by atoms with van der Waals surface area (Å²) in [7, 11) is 1.55. The van der Waals surface area contributed by atoms with Crippen LogP contribution in [0.15, 0.2) is 36.9 Å². The van der Waals surface area contributed by atoms with Gasteiger partial charge >= 0.3 is 5.97 Å². The quantitative estimate of drug-likeness (QED) is 0.787. The van der Waals surface area contributed by atoms with Crippen molar-refractivity contribution < 1.29 is 14.7 Å². The fourth-order valence-corrected chi connectivity index (χ4v) is 1.34. The number of aromatic carboxylic acids is 1. The Balaban J connectivity index is 3.07. The van der Waals surface area contributed by atoms with Crippen molar-refractivity contribution in [3.05, 3.63) is 42.5 Å². The summed E-state index contributed by atoms with van der Waals surface area (Å²) in [6, 6.07) is 6.39. The van der Waals surface area contributed by atoms with Gasteiger partial charge in [0, 0.05) is 13.5 Å². The number of carbonyl (C=O) groups is 2. The average Bonchev–Trinajstić information content (AvgIpc) is 2.28. The van der Waals surface area contributed by atoms with E-state index in [0.717, 1.165) is 0 Å². The first-order valence-electron chi connectivity index (χ1n) is 4.77. The van der Waals surface area contributed by atoms with Crippen molar-refractivity contribution in [3.63, 3.8) is 0 Å². The van der Waals surface area contributed by atoms with Crippen LogP contribution in [-0.4, -0.2) is 24.0 Å². The van der Waals surface area contributed by atoms with Gasteiger partial charge in [-0.25, -0.2) is 4.79 Å². The number of hydrogen-bond acceptors (Lipinski definition) is 2. The first kappa shape index (κ1) is 12.0. The fraction of sp³-hybridized carbons (Fsp3) is 0.167. The van der Waals surface area contributed by atoms with Crippen molar-refractivity contribution in [1.29, 1.82) is 0 Å². The second-order valence-corrected chi connectivity index (χ2v) is 3.27. The summed E-state index contributed by atoms with van der Waals surface area (Å²) in [6.07, 6.45) is 1.67. The third-order valence-corrected chi connectivity index (χ3v) is 2.19. The highest BCUT2D eigenvalue weighted by Crippen LogP contribution is 2.19. The summed E-state index contributed by atoms with van der Waals surface area (Å²) < 4.78 is 0. The molecule has 1 rings (SSSR count). The highest BCUT2D eigenvalue weighted by molar-refractivity contribution is 6.01. The monoisotopic (exact) mass is 219 g/mol. The van der Waals surface area contributed by atoms with Gasteiger partial charge in [0.25, 0.3) is 0 Å². The lowest BCUT2D eigenvalue weighted by Crippen LogP contribution is -2.27. The van der Waals surface area contributed by atoms with Crippen molar-refractivity contribution >= 4 is 17.6 Å². The number of benzene rings is 1. The molecule has 1 amide bonds. The van der Waals surface area contributed by atoms with E-state index in [1.807, 2.05) is 0 Å². The maximum atomic E-state index is 11.6. The number of hydrogen-bond donors (Lipinski definition) is 1. The summed E-state index contributed by atoms with van der Waals surface area (Å²) in [5.41, 5.74) is 0.504. The zero-order valence-corrected chi connectivity index (χ0v) is 9.01. The molecule has 0 heterocycles. The molecule has 0 saturated carbocycles. The minimum absolute atomic E-state index is 0.113. The van der Waals surface area contributed by atoms with Crippen molar-refractivity contribution in [2.45, 2.75) is 6.42 Å². The maximum absolute atomic E-state index is 11.6. The highest BCUT2D eigenvalue weighted by Gasteiger charge is 2.16. The van der Waals surface area contributed by atoms with Gasteiger partial charge in [-0.2, -0.15) is 0 Å². The topological polar surface area (TPSA) is 57.6 Å². The molecule has 1 N–H and O–H groups in total. The molecule has 0 fully saturated rings. The molecular weight excluding hydrogens is 206 g/mol. The van der Waals surface area contributed by atoms with E-state index in [1.165, 1.54) is 17.0 Å². The SMILES string of the molecule is C=CCC(=O)N(C)c1ccccc1C(=O)O. The molecule has 0 aromatic heterocycles. The molecule has 0 saturated heterocycles. The van der Waals surface area contributed by atoms with Crippen LogP contribution in [0, 0.1) is 0 Å². The Morgan fingerprint density at radius 2 is 2.06 bits per heavy atom. The molecule has 0 spiro atoms. The predicted octanol–water partition coefficient (Wildman–Crippen LogP) is 1.92. The number of para-hydroxylation sites is 1. The number of amides is 1. The molecule has 1 aromatic carbocycles.